The standard InChI is InChI=1S/C15H24N2O2/c1-10(2)15(11(3)4)6-5-13-12(7-15)8-17(16-13)9-14(18)19/h8,10-11H,5-7,9H2,1-4H3,(H,18,19). The molecule has 19 heavy (non-hydrogen) atoms. The Morgan fingerprint density at radius 1 is 1.42 bits per heavy atom. The lowest BCUT2D eigenvalue weighted by Crippen LogP contribution is -2.38. The summed E-state index contributed by atoms with van der Waals surface area (Å²) in [5.41, 5.74) is 2.66. The molecule has 0 fully saturated rings. The molecule has 1 N–H and O–H groups in total. The maximum absolute atomic E-state index is 10.8. The van der Waals surface area contributed by atoms with Crippen molar-refractivity contribution < 1.29 is 9.90 Å². The van der Waals surface area contributed by atoms with Gasteiger partial charge in [-0.25, -0.2) is 0 Å². The number of fused-ring (bicyclic) bond motifs is 1. The zero-order valence-corrected chi connectivity index (χ0v) is 12.3. The maximum Gasteiger partial charge on any atom is 0.325 e. The van der Waals surface area contributed by atoms with Crippen molar-refractivity contribution in [3.63, 3.8) is 0 Å². The van der Waals surface area contributed by atoms with E-state index in [2.05, 4.69) is 32.8 Å². The number of hydrogen-bond donors (Lipinski definition) is 1. The van der Waals surface area contributed by atoms with E-state index < -0.39 is 5.97 Å². The molecule has 1 aliphatic rings. The Hall–Kier alpha value is -1.32. The number of rotatable bonds is 4. The second-order valence-electron chi connectivity index (χ2n) is 6.41. The highest BCUT2D eigenvalue weighted by Gasteiger charge is 2.40. The van der Waals surface area contributed by atoms with Crippen LogP contribution in [0, 0.1) is 17.3 Å². The summed E-state index contributed by atoms with van der Waals surface area (Å²) in [5.74, 6) is 0.422. The highest BCUT2D eigenvalue weighted by Crippen LogP contribution is 2.46. The van der Waals surface area contributed by atoms with Gasteiger partial charge in [0.05, 0.1) is 5.69 Å². The zero-order chi connectivity index (χ0) is 14.2. The Bertz CT molecular complexity index is 466. The first-order valence-electron chi connectivity index (χ1n) is 7.12. The normalized spacial score (nSPS) is 17.8. The van der Waals surface area contributed by atoms with Gasteiger partial charge in [-0.1, -0.05) is 27.7 Å². The molecule has 1 aromatic heterocycles. The third-order valence-corrected chi connectivity index (χ3v) is 4.87. The van der Waals surface area contributed by atoms with Crippen LogP contribution in [0.3, 0.4) is 0 Å². The molecular weight excluding hydrogens is 240 g/mol. The average molecular weight is 264 g/mol. The molecule has 1 aromatic rings. The Morgan fingerprint density at radius 3 is 2.58 bits per heavy atom. The van der Waals surface area contributed by atoms with Gasteiger partial charge in [-0.2, -0.15) is 5.10 Å². The molecule has 106 valence electrons. The fourth-order valence-corrected chi connectivity index (χ4v) is 3.53. The van der Waals surface area contributed by atoms with Gasteiger partial charge in [-0.05, 0) is 42.1 Å². The van der Waals surface area contributed by atoms with Gasteiger partial charge in [0.25, 0.3) is 0 Å². The van der Waals surface area contributed by atoms with Crippen molar-refractivity contribution in [2.24, 2.45) is 17.3 Å². The van der Waals surface area contributed by atoms with E-state index in [0.29, 0.717) is 17.3 Å². The smallest absolute Gasteiger partial charge is 0.325 e. The third-order valence-electron chi connectivity index (χ3n) is 4.87. The molecule has 0 unspecified atom stereocenters. The summed E-state index contributed by atoms with van der Waals surface area (Å²) >= 11 is 0. The molecule has 2 rings (SSSR count). The summed E-state index contributed by atoms with van der Waals surface area (Å²) < 4.78 is 1.57. The minimum atomic E-state index is -0.834. The molecule has 4 heteroatoms. The summed E-state index contributed by atoms with van der Waals surface area (Å²) in [5, 5.41) is 13.3. The number of nitrogens with zero attached hydrogens (tertiary/aromatic N) is 2. The van der Waals surface area contributed by atoms with Gasteiger partial charge in [-0.15, -0.1) is 0 Å². The van der Waals surface area contributed by atoms with Gasteiger partial charge in [-0.3, -0.25) is 9.48 Å². The van der Waals surface area contributed by atoms with E-state index >= 15 is 0 Å². The molecule has 0 radical (unpaired) electrons. The number of carboxylic acids is 1. The van der Waals surface area contributed by atoms with Crippen molar-refractivity contribution in [3.8, 4) is 0 Å². The Labute approximate surface area is 114 Å². The summed E-state index contributed by atoms with van der Waals surface area (Å²) in [6, 6.07) is 0. The fourth-order valence-electron chi connectivity index (χ4n) is 3.53. The SMILES string of the molecule is CC(C)C1(C(C)C)CCc2nn(CC(=O)O)cc2C1. The van der Waals surface area contributed by atoms with E-state index in [0.717, 1.165) is 25.0 Å². The summed E-state index contributed by atoms with van der Waals surface area (Å²) in [6.45, 7) is 9.15. The van der Waals surface area contributed by atoms with Crippen LogP contribution < -0.4 is 0 Å². The van der Waals surface area contributed by atoms with Gasteiger partial charge in [0.2, 0.25) is 0 Å². The van der Waals surface area contributed by atoms with Crippen molar-refractivity contribution in [1.82, 2.24) is 9.78 Å². The summed E-state index contributed by atoms with van der Waals surface area (Å²) in [7, 11) is 0. The van der Waals surface area contributed by atoms with E-state index in [4.69, 9.17) is 5.11 Å². The summed E-state index contributed by atoms with van der Waals surface area (Å²) in [4.78, 5) is 10.8. The first-order chi connectivity index (χ1) is 8.85. The van der Waals surface area contributed by atoms with Crippen LogP contribution in [-0.4, -0.2) is 20.9 Å². The molecule has 1 aliphatic carbocycles. The van der Waals surface area contributed by atoms with Crippen molar-refractivity contribution in [2.75, 3.05) is 0 Å². The van der Waals surface area contributed by atoms with Crippen LogP contribution in [0.4, 0.5) is 0 Å². The molecule has 1 heterocycles. The van der Waals surface area contributed by atoms with Crippen molar-refractivity contribution >= 4 is 5.97 Å². The highest BCUT2D eigenvalue weighted by molar-refractivity contribution is 5.66. The van der Waals surface area contributed by atoms with Gasteiger partial charge < -0.3 is 5.11 Å². The zero-order valence-electron chi connectivity index (χ0n) is 12.3. The maximum atomic E-state index is 10.8. The van der Waals surface area contributed by atoms with Crippen LogP contribution in [0.1, 0.15) is 45.4 Å². The average Bonchev–Trinajstić information content (AvgIpc) is 2.67. The van der Waals surface area contributed by atoms with Crippen LogP contribution in [0.2, 0.25) is 0 Å². The largest absolute Gasteiger partial charge is 0.480 e. The van der Waals surface area contributed by atoms with Crippen molar-refractivity contribution in [2.45, 2.75) is 53.5 Å². The van der Waals surface area contributed by atoms with Gasteiger partial charge >= 0.3 is 5.97 Å². The topological polar surface area (TPSA) is 55.1 Å². The molecule has 0 amide bonds. The first kappa shape index (κ1) is 14.1. The van der Waals surface area contributed by atoms with Crippen LogP contribution >= 0.6 is 0 Å². The van der Waals surface area contributed by atoms with Crippen LogP contribution in [-0.2, 0) is 24.2 Å². The quantitative estimate of drug-likeness (QED) is 0.909. The molecule has 4 nitrogen and oxygen atoms in total. The van der Waals surface area contributed by atoms with Crippen LogP contribution in [0.5, 0.6) is 0 Å². The van der Waals surface area contributed by atoms with E-state index in [1.54, 1.807) is 4.68 Å². The fraction of sp³-hybridized carbons (Fsp3) is 0.733. The van der Waals surface area contributed by atoms with Crippen LogP contribution in [0.15, 0.2) is 6.20 Å². The number of aromatic nitrogens is 2. The minimum absolute atomic E-state index is 0.0383. The second kappa shape index (κ2) is 4.99. The molecule has 0 saturated heterocycles. The number of hydrogen-bond acceptors (Lipinski definition) is 2. The molecule has 0 atom stereocenters. The summed E-state index contributed by atoms with van der Waals surface area (Å²) in [6.07, 6.45) is 5.08. The molecular formula is C15H24N2O2. The third kappa shape index (κ3) is 2.53. The monoisotopic (exact) mass is 264 g/mol. The highest BCUT2D eigenvalue weighted by atomic mass is 16.4. The lowest BCUT2D eigenvalue weighted by atomic mass is 9.60. The molecule has 0 spiro atoms. The van der Waals surface area contributed by atoms with Gasteiger partial charge in [0, 0.05) is 6.20 Å². The van der Waals surface area contributed by atoms with E-state index in [-0.39, 0.29) is 6.54 Å². The number of aliphatic carboxylic acids is 1. The first-order valence-corrected chi connectivity index (χ1v) is 7.12. The Morgan fingerprint density at radius 2 is 2.05 bits per heavy atom. The van der Waals surface area contributed by atoms with Gasteiger partial charge in [0.1, 0.15) is 6.54 Å². The molecule has 0 saturated carbocycles. The number of carbonyl (C=O) groups is 1. The number of carboxylic acid groups (broad SMARTS) is 1. The van der Waals surface area contributed by atoms with Crippen molar-refractivity contribution in [3.05, 3.63) is 17.5 Å². The predicted molar refractivity (Wildman–Crippen MR) is 74.0 cm³/mol. The van der Waals surface area contributed by atoms with E-state index in [1.165, 1.54) is 5.56 Å². The molecule has 0 bridgehead atoms. The lowest BCUT2D eigenvalue weighted by molar-refractivity contribution is -0.137. The predicted octanol–water partition coefficient (Wildman–Crippen LogP) is 2.75. The lowest BCUT2D eigenvalue weighted by Gasteiger charge is -2.44. The minimum Gasteiger partial charge on any atom is -0.480 e. The Balaban J connectivity index is 2.28. The van der Waals surface area contributed by atoms with E-state index in [9.17, 15) is 4.79 Å². The van der Waals surface area contributed by atoms with Gasteiger partial charge in [0.15, 0.2) is 0 Å². The molecule has 0 aromatic carbocycles. The van der Waals surface area contributed by atoms with Crippen LogP contribution in [0.25, 0.3) is 0 Å². The van der Waals surface area contributed by atoms with Crippen molar-refractivity contribution in [1.29, 1.82) is 0 Å². The second-order valence-corrected chi connectivity index (χ2v) is 6.41. The Kier molecular flexibility index (Phi) is 3.70. The number of aryl methyl sites for hydroxylation is 1. The van der Waals surface area contributed by atoms with E-state index in [1.807, 2.05) is 6.20 Å². The molecule has 0 aliphatic heterocycles.